The second-order valence-electron chi connectivity index (χ2n) is 9.34. The van der Waals surface area contributed by atoms with Crippen molar-refractivity contribution in [3.8, 4) is 0 Å². The maximum atomic E-state index is 12.0. The molecule has 0 aromatic carbocycles. The van der Waals surface area contributed by atoms with Crippen molar-refractivity contribution in [2.45, 2.75) is 46.5 Å². The number of nitrogens with one attached hydrogen (secondary N) is 1. The molecule has 1 aliphatic carbocycles. The van der Waals surface area contributed by atoms with E-state index in [1.807, 2.05) is 0 Å². The molecule has 192 valence electrons. The van der Waals surface area contributed by atoms with E-state index in [2.05, 4.69) is 25.2 Å². The van der Waals surface area contributed by atoms with Gasteiger partial charge in [0.25, 0.3) is 0 Å². The molecular formula is C25H40N2O7. The fraction of sp³-hybridized carbons (Fsp3) is 0.640. The van der Waals surface area contributed by atoms with Crippen LogP contribution in [-0.4, -0.2) is 57.4 Å². The molecule has 0 saturated heterocycles. The van der Waals surface area contributed by atoms with E-state index < -0.39 is 23.3 Å². The highest BCUT2D eigenvalue weighted by Gasteiger charge is 2.37. The van der Waals surface area contributed by atoms with Crippen LogP contribution in [0.1, 0.15) is 46.5 Å². The maximum absolute atomic E-state index is 12.0. The number of hydrogen-bond donors (Lipinski definition) is 2. The van der Waals surface area contributed by atoms with Crippen molar-refractivity contribution in [2.75, 3.05) is 39.5 Å². The smallest absolute Gasteiger partial charge is 0.333 e. The van der Waals surface area contributed by atoms with E-state index >= 15 is 0 Å². The Bertz CT molecular complexity index is 688. The largest absolute Gasteiger partial charge is 0.461 e. The van der Waals surface area contributed by atoms with Gasteiger partial charge in [0.15, 0.2) is 0 Å². The minimum atomic E-state index is -1.17. The Kier molecular flexibility index (Phi) is 12.8. The molecular weight excluding hydrogens is 440 g/mol. The molecule has 0 aromatic rings. The number of rotatable bonds is 15. The average molecular weight is 481 g/mol. The summed E-state index contributed by atoms with van der Waals surface area (Å²) in [4.78, 5) is 41.9. The van der Waals surface area contributed by atoms with Gasteiger partial charge in [0, 0.05) is 23.3 Å². The molecule has 3 N–H and O–H groups in total. The van der Waals surface area contributed by atoms with Gasteiger partial charge in [0.2, 0.25) is 0 Å². The van der Waals surface area contributed by atoms with Gasteiger partial charge < -0.3 is 24.8 Å². The number of ether oxygens (including phenoxy) is 3. The highest BCUT2D eigenvalue weighted by Crippen LogP contribution is 2.28. The Labute approximate surface area is 202 Å². The normalized spacial score (nSPS) is 18.0. The summed E-state index contributed by atoms with van der Waals surface area (Å²) in [6, 6.07) is 0. The minimum absolute atomic E-state index is 0.0591. The third kappa shape index (κ3) is 10.6. The van der Waals surface area contributed by atoms with Crippen LogP contribution in [0, 0.1) is 17.3 Å². The first-order valence-electron chi connectivity index (χ1n) is 11.5. The first-order chi connectivity index (χ1) is 16.0. The third-order valence-corrected chi connectivity index (χ3v) is 5.65. The fourth-order valence-electron chi connectivity index (χ4n) is 3.46. The zero-order valence-electron chi connectivity index (χ0n) is 20.8. The standard InChI is InChI=1S/C25H40N2O7/c1-17(2)22(28)31-13-25(14-32-23(29)18(3)4,15-33-24(30)19(5)6)16-34-27-12-21-9-7-8-20(10-21)11-26/h20-21,27H,1,3,5,7-16,26H2,2,4,6H3. The molecule has 9 heteroatoms. The van der Waals surface area contributed by atoms with Gasteiger partial charge in [0.05, 0.1) is 12.0 Å². The van der Waals surface area contributed by atoms with Crippen molar-refractivity contribution < 1.29 is 33.4 Å². The molecule has 1 fully saturated rings. The van der Waals surface area contributed by atoms with E-state index in [-0.39, 0.29) is 43.1 Å². The predicted octanol–water partition coefficient (Wildman–Crippen LogP) is 2.62. The molecule has 9 nitrogen and oxygen atoms in total. The van der Waals surface area contributed by atoms with E-state index in [4.69, 9.17) is 24.8 Å². The van der Waals surface area contributed by atoms with E-state index in [9.17, 15) is 14.4 Å². The average Bonchev–Trinajstić information content (AvgIpc) is 2.81. The quantitative estimate of drug-likeness (QED) is 0.120. The SMILES string of the molecule is C=C(C)C(=O)OCC(CONCC1CCCC(CN)C1)(COC(=O)C(=C)C)COC(=O)C(=C)C. The maximum Gasteiger partial charge on any atom is 0.333 e. The van der Waals surface area contributed by atoms with Crippen LogP contribution in [-0.2, 0) is 33.4 Å². The molecule has 1 aliphatic rings. The molecule has 0 aromatic heterocycles. The summed E-state index contributed by atoms with van der Waals surface area (Å²) < 4.78 is 16.0. The third-order valence-electron chi connectivity index (χ3n) is 5.65. The summed E-state index contributed by atoms with van der Waals surface area (Å²) in [7, 11) is 0. The number of esters is 3. The Morgan fingerprint density at radius 2 is 1.26 bits per heavy atom. The van der Waals surface area contributed by atoms with Crippen molar-refractivity contribution in [3.05, 3.63) is 36.5 Å². The molecule has 2 unspecified atom stereocenters. The molecule has 34 heavy (non-hydrogen) atoms. The van der Waals surface area contributed by atoms with Crippen molar-refractivity contribution >= 4 is 17.9 Å². The molecule has 0 spiro atoms. The van der Waals surface area contributed by atoms with Crippen molar-refractivity contribution in [1.29, 1.82) is 0 Å². The van der Waals surface area contributed by atoms with Gasteiger partial charge in [-0.25, -0.2) is 19.9 Å². The highest BCUT2D eigenvalue weighted by atomic mass is 16.6. The molecule has 2 atom stereocenters. The van der Waals surface area contributed by atoms with Gasteiger partial charge in [0.1, 0.15) is 19.8 Å². The number of carbonyl (C=O) groups is 3. The predicted molar refractivity (Wildman–Crippen MR) is 128 cm³/mol. The van der Waals surface area contributed by atoms with Crippen molar-refractivity contribution in [2.24, 2.45) is 23.0 Å². The van der Waals surface area contributed by atoms with E-state index in [1.165, 1.54) is 20.8 Å². The van der Waals surface area contributed by atoms with Crippen LogP contribution in [0.4, 0.5) is 0 Å². The minimum Gasteiger partial charge on any atom is -0.461 e. The number of hydroxylamine groups is 1. The summed E-state index contributed by atoms with van der Waals surface area (Å²) in [5.41, 5.74) is 8.24. The summed E-state index contributed by atoms with van der Waals surface area (Å²) in [5, 5.41) is 0. The summed E-state index contributed by atoms with van der Waals surface area (Å²) in [5.74, 6) is -0.913. The molecule has 0 aliphatic heterocycles. The zero-order chi connectivity index (χ0) is 25.7. The van der Waals surface area contributed by atoms with Crippen LogP contribution in [0.15, 0.2) is 36.5 Å². The van der Waals surface area contributed by atoms with Gasteiger partial charge in [-0.1, -0.05) is 26.2 Å². The molecule has 0 bridgehead atoms. The van der Waals surface area contributed by atoms with Crippen LogP contribution in [0.3, 0.4) is 0 Å². The second-order valence-corrected chi connectivity index (χ2v) is 9.34. The van der Waals surface area contributed by atoms with Gasteiger partial charge >= 0.3 is 17.9 Å². The van der Waals surface area contributed by atoms with Crippen molar-refractivity contribution in [3.63, 3.8) is 0 Å². The molecule has 0 amide bonds. The Morgan fingerprint density at radius 1 is 0.824 bits per heavy atom. The van der Waals surface area contributed by atoms with E-state index in [1.54, 1.807) is 0 Å². The van der Waals surface area contributed by atoms with Crippen LogP contribution in [0.2, 0.25) is 0 Å². The van der Waals surface area contributed by atoms with Crippen LogP contribution < -0.4 is 11.2 Å². The first-order valence-corrected chi connectivity index (χ1v) is 11.5. The van der Waals surface area contributed by atoms with Gasteiger partial charge in [-0.05, 0) is 58.4 Å². The highest BCUT2D eigenvalue weighted by molar-refractivity contribution is 5.88. The first kappa shape index (κ1) is 29.5. The van der Waals surface area contributed by atoms with Crippen LogP contribution in [0.25, 0.3) is 0 Å². The number of carbonyl (C=O) groups excluding carboxylic acids is 3. The monoisotopic (exact) mass is 480 g/mol. The zero-order valence-corrected chi connectivity index (χ0v) is 20.8. The lowest BCUT2D eigenvalue weighted by molar-refractivity contribution is -0.166. The summed E-state index contributed by atoms with van der Waals surface area (Å²) >= 11 is 0. The van der Waals surface area contributed by atoms with Crippen LogP contribution >= 0.6 is 0 Å². The van der Waals surface area contributed by atoms with Gasteiger partial charge in [-0.15, -0.1) is 0 Å². The van der Waals surface area contributed by atoms with Crippen LogP contribution in [0.5, 0.6) is 0 Å². The Morgan fingerprint density at radius 3 is 1.68 bits per heavy atom. The molecule has 0 radical (unpaired) electrons. The molecule has 1 saturated carbocycles. The second kappa shape index (κ2) is 14.7. The Hall–Kier alpha value is -2.49. The topological polar surface area (TPSA) is 126 Å². The van der Waals surface area contributed by atoms with Gasteiger partial charge in [-0.2, -0.15) is 0 Å². The Balaban J connectivity index is 2.90. The molecule has 1 rings (SSSR count). The van der Waals surface area contributed by atoms with E-state index in [0.29, 0.717) is 24.9 Å². The molecule has 0 heterocycles. The number of hydrogen-bond acceptors (Lipinski definition) is 9. The summed E-state index contributed by atoms with van der Waals surface area (Å²) in [6.45, 7) is 15.8. The number of nitrogens with two attached hydrogens (primary N) is 1. The lowest BCUT2D eigenvalue weighted by atomic mass is 9.81. The lowest BCUT2D eigenvalue weighted by Crippen LogP contribution is -2.45. The van der Waals surface area contributed by atoms with Crippen molar-refractivity contribution in [1.82, 2.24) is 5.48 Å². The lowest BCUT2D eigenvalue weighted by Gasteiger charge is -2.32. The fourth-order valence-corrected chi connectivity index (χ4v) is 3.46. The van der Waals surface area contributed by atoms with E-state index in [0.717, 1.165) is 25.7 Å². The van der Waals surface area contributed by atoms with Gasteiger partial charge in [-0.3, -0.25) is 0 Å². The summed E-state index contributed by atoms with van der Waals surface area (Å²) in [6.07, 6.45) is 4.39.